The molecule has 0 aliphatic heterocycles. The first-order valence-electron chi connectivity index (χ1n) is 5.57. The van der Waals surface area contributed by atoms with E-state index in [9.17, 15) is 18.0 Å². The Hall–Kier alpha value is -0.820. The third kappa shape index (κ3) is 4.81. The maximum atomic E-state index is 12.5. The number of nitrogens with one attached hydrogen (secondary N) is 1. The van der Waals surface area contributed by atoms with E-state index in [1.165, 1.54) is 7.11 Å². The molecule has 18 heavy (non-hydrogen) atoms. The molecule has 0 aromatic heterocycles. The first kappa shape index (κ1) is 17.2. The first-order valence-corrected chi connectivity index (χ1v) is 5.57. The highest BCUT2D eigenvalue weighted by Crippen LogP contribution is 2.28. The second-order valence-corrected chi connectivity index (χ2v) is 5.29. The van der Waals surface area contributed by atoms with Gasteiger partial charge in [0.05, 0.1) is 0 Å². The van der Waals surface area contributed by atoms with Crippen LogP contribution in [-0.4, -0.2) is 37.9 Å². The van der Waals surface area contributed by atoms with Gasteiger partial charge in [0.1, 0.15) is 0 Å². The minimum Gasteiger partial charge on any atom is -0.385 e. The van der Waals surface area contributed by atoms with Gasteiger partial charge in [-0.25, -0.2) is 0 Å². The molecule has 0 saturated heterocycles. The van der Waals surface area contributed by atoms with Crippen molar-refractivity contribution in [2.75, 3.05) is 20.3 Å². The number of hydrogen-bond donors (Lipinski definition) is 2. The summed E-state index contributed by atoms with van der Waals surface area (Å²) in [6.07, 6.45) is -4.15. The van der Waals surface area contributed by atoms with Crippen molar-refractivity contribution in [3.8, 4) is 0 Å². The standard InChI is InChI=1S/C11H21F3N2O2/c1-9(2,5-6-18-4)7-16-8(17)10(3,15)11(12,13)14/h5-7,15H2,1-4H3,(H,16,17). The van der Waals surface area contributed by atoms with Gasteiger partial charge in [-0.2, -0.15) is 13.2 Å². The van der Waals surface area contributed by atoms with Crippen LogP contribution in [0.3, 0.4) is 0 Å². The van der Waals surface area contributed by atoms with Gasteiger partial charge in [-0.1, -0.05) is 13.8 Å². The van der Waals surface area contributed by atoms with Gasteiger partial charge in [0, 0.05) is 20.3 Å². The molecular weight excluding hydrogens is 249 g/mol. The molecular formula is C11H21F3N2O2. The zero-order valence-corrected chi connectivity index (χ0v) is 11.1. The van der Waals surface area contributed by atoms with Crippen LogP contribution < -0.4 is 11.1 Å². The Balaban J connectivity index is 4.43. The molecule has 0 fully saturated rings. The maximum absolute atomic E-state index is 12.5. The first-order chi connectivity index (χ1) is 7.94. The lowest BCUT2D eigenvalue weighted by molar-refractivity contribution is -0.187. The van der Waals surface area contributed by atoms with Crippen molar-refractivity contribution in [3.63, 3.8) is 0 Å². The number of carbonyl (C=O) groups is 1. The highest BCUT2D eigenvalue weighted by molar-refractivity contribution is 5.86. The van der Waals surface area contributed by atoms with Crippen molar-refractivity contribution in [2.45, 2.75) is 38.9 Å². The Bertz CT molecular complexity index is 289. The van der Waals surface area contributed by atoms with Crippen molar-refractivity contribution in [3.05, 3.63) is 0 Å². The van der Waals surface area contributed by atoms with E-state index >= 15 is 0 Å². The summed E-state index contributed by atoms with van der Waals surface area (Å²) in [5, 5.41) is 2.24. The monoisotopic (exact) mass is 270 g/mol. The normalized spacial score (nSPS) is 16.2. The predicted octanol–water partition coefficient (Wildman–Crippen LogP) is 1.44. The molecule has 0 aliphatic carbocycles. The summed E-state index contributed by atoms with van der Waals surface area (Å²) in [5.74, 6) is -1.22. The zero-order chi connectivity index (χ0) is 14.6. The minimum absolute atomic E-state index is 0.109. The van der Waals surface area contributed by atoms with Crippen LogP contribution in [0, 0.1) is 5.41 Å². The van der Waals surface area contributed by atoms with Crippen LogP contribution >= 0.6 is 0 Å². The number of alkyl halides is 3. The molecule has 0 aromatic rings. The van der Waals surface area contributed by atoms with Gasteiger partial charge in [-0.05, 0) is 18.8 Å². The van der Waals surface area contributed by atoms with Gasteiger partial charge in [0.15, 0.2) is 5.54 Å². The molecule has 3 N–H and O–H groups in total. The Morgan fingerprint density at radius 2 is 1.78 bits per heavy atom. The van der Waals surface area contributed by atoms with Crippen molar-refractivity contribution in [1.82, 2.24) is 5.32 Å². The zero-order valence-electron chi connectivity index (χ0n) is 11.1. The van der Waals surface area contributed by atoms with Crippen LogP contribution in [0.25, 0.3) is 0 Å². The Morgan fingerprint density at radius 1 is 1.28 bits per heavy atom. The summed E-state index contributed by atoms with van der Waals surface area (Å²) < 4.78 is 42.4. The van der Waals surface area contributed by atoms with Crippen LogP contribution in [-0.2, 0) is 9.53 Å². The molecule has 0 saturated carbocycles. The highest BCUT2D eigenvalue weighted by Gasteiger charge is 2.53. The number of amides is 1. The molecule has 0 heterocycles. The topological polar surface area (TPSA) is 64.3 Å². The lowest BCUT2D eigenvalue weighted by atomic mass is 9.89. The summed E-state index contributed by atoms with van der Waals surface area (Å²) in [6.45, 7) is 4.89. The molecule has 1 amide bonds. The average Bonchev–Trinajstić information content (AvgIpc) is 2.21. The van der Waals surface area contributed by atoms with Crippen LogP contribution in [0.1, 0.15) is 27.2 Å². The van der Waals surface area contributed by atoms with E-state index in [1.807, 2.05) is 13.8 Å². The van der Waals surface area contributed by atoms with Crippen molar-refractivity contribution >= 4 is 5.91 Å². The quantitative estimate of drug-likeness (QED) is 0.767. The predicted molar refractivity (Wildman–Crippen MR) is 61.9 cm³/mol. The SMILES string of the molecule is COCCC(C)(C)CNC(=O)C(C)(N)C(F)(F)F. The smallest absolute Gasteiger partial charge is 0.385 e. The highest BCUT2D eigenvalue weighted by atomic mass is 19.4. The maximum Gasteiger partial charge on any atom is 0.415 e. The van der Waals surface area contributed by atoms with Crippen LogP contribution in [0.5, 0.6) is 0 Å². The van der Waals surface area contributed by atoms with E-state index in [0.29, 0.717) is 20.0 Å². The van der Waals surface area contributed by atoms with Gasteiger partial charge in [-0.3, -0.25) is 4.79 Å². The number of carbonyl (C=O) groups excluding carboxylic acids is 1. The van der Waals surface area contributed by atoms with E-state index in [2.05, 4.69) is 5.32 Å². The van der Waals surface area contributed by atoms with Crippen molar-refractivity contribution < 1.29 is 22.7 Å². The molecule has 0 spiro atoms. The third-order valence-electron chi connectivity index (χ3n) is 2.77. The fraction of sp³-hybridized carbons (Fsp3) is 0.909. The molecule has 0 rings (SSSR count). The van der Waals surface area contributed by atoms with E-state index in [4.69, 9.17) is 10.5 Å². The summed E-state index contributed by atoms with van der Waals surface area (Å²) in [7, 11) is 1.54. The fourth-order valence-electron chi connectivity index (χ4n) is 1.10. The van der Waals surface area contributed by atoms with E-state index in [1.54, 1.807) is 0 Å². The summed E-state index contributed by atoms with van der Waals surface area (Å²) in [6, 6.07) is 0. The van der Waals surface area contributed by atoms with E-state index in [0.717, 1.165) is 0 Å². The lowest BCUT2D eigenvalue weighted by Gasteiger charge is -2.30. The van der Waals surface area contributed by atoms with Crippen LogP contribution in [0.4, 0.5) is 13.2 Å². The van der Waals surface area contributed by atoms with Gasteiger partial charge in [0.25, 0.3) is 0 Å². The summed E-state index contributed by atoms with van der Waals surface area (Å²) >= 11 is 0. The largest absolute Gasteiger partial charge is 0.415 e. The second-order valence-electron chi connectivity index (χ2n) is 5.29. The third-order valence-corrected chi connectivity index (χ3v) is 2.77. The number of ether oxygens (including phenoxy) is 1. The van der Waals surface area contributed by atoms with E-state index < -0.39 is 17.6 Å². The number of methoxy groups -OCH3 is 1. The minimum atomic E-state index is -4.77. The van der Waals surface area contributed by atoms with Gasteiger partial charge < -0.3 is 15.8 Å². The van der Waals surface area contributed by atoms with Gasteiger partial charge >= 0.3 is 6.18 Å². The second kappa shape index (κ2) is 5.88. The van der Waals surface area contributed by atoms with Gasteiger partial charge in [-0.15, -0.1) is 0 Å². The average molecular weight is 270 g/mol. The van der Waals surface area contributed by atoms with Crippen LogP contribution in [0.15, 0.2) is 0 Å². The molecule has 0 radical (unpaired) electrons. The van der Waals surface area contributed by atoms with Crippen LogP contribution in [0.2, 0.25) is 0 Å². The Morgan fingerprint density at radius 3 is 2.17 bits per heavy atom. The fourth-order valence-corrected chi connectivity index (χ4v) is 1.10. The van der Waals surface area contributed by atoms with Gasteiger partial charge in [0.2, 0.25) is 5.91 Å². The summed E-state index contributed by atoms with van der Waals surface area (Å²) in [4.78, 5) is 11.4. The number of hydrogen-bond acceptors (Lipinski definition) is 3. The molecule has 0 bridgehead atoms. The number of nitrogens with two attached hydrogens (primary N) is 1. The lowest BCUT2D eigenvalue weighted by Crippen LogP contribution is -2.62. The Kier molecular flexibility index (Phi) is 5.61. The van der Waals surface area contributed by atoms with Crippen molar-refractivity contribution in [1.29, 1.82) is 0 Å². The number of rotatable bonds is 6. The van der Waals surface area contributed by atoms with Crippen molar-refractivity contribution in [2.24, 2.45) is 11.1 Å². The molecule has 7 heteroatoms. The molecule has 1 unspecified atom stereocenters. The molecule has 4 nitrogen and oxygen atoms in total. The molecule has 108 valence electrons. The number of halogens is 3. The van der Waals surface area contributed by atoms with E-state index in [-0.39, 0.29) is 12.0 Å². The summed E-state index contributed by atoms with van der Waals surface area (Å²) in [5.41, 5.74) is 1.78. The molecule has 0 aliphatic rings. The Labute approximate surface area is 105 Å². The molecule has 1 atom stereocenters. The molecule has 0 aromatic carbocycles.